The molecule has 1 N–H and O–H groups in total. The second-order valence-corrected chi connectivity index (χ2v) is 5.70. The van der Waals surface area contributed by atoms with Crippen LogP contribution in [-0.2, 0) is 12.8 Å². The molecule has 2 aromatic rings. The number of likely N-dealkylation sites (N-methyl/N-ethyl adjacent to an activating group) is 1. The first kappa shape index (κ1) is 14.2. The third-order valence-electron chi connectivity index (χ3n) is 3.51. The van der Waals surface area contributed by atoms with E-state index in [0.29, 0.717) is 6.04 Å². The van der Waals surface area contributed by atoms with Crippen molar-refractivity contribution in [3.63, 3.8) is 0 Å². The van der Waals surface area contributed by atoms with Crippen molar-refractivity contribution >= 4 is 11.5 Å². The Hall–Kier alpha value is -1.26. The number of nitrogens with zero attached hydrogens (tertiary/aromatic N) is 2. The van der Waals surface area contributed by atoms with Crippen molar-refractivity contribution < 1.29 is 0 Å². The maximum Gasteiger partial charge on any atom is 0.0801 e. The molecule has 0 bridgehead atoms. The van der Waals surface area contributed by atoms with Gasteiger partial charge in [0.15, 0.2) is 0 Å². The average molecular weight is 275 g/mol. The Bertz CT molecular complexity index is 548. The van der Waals surface area contributed by atoms with E-state index in [1.807, 2.05) is 7.05 Å². The van der Waals surface area contributed by atoms with E-state index in [0.717, 1.165) is 18.5 Å². The first-order valence-corrected chi connectivity index (χ1v) is 7.47. The second kappa shape index (κ2) is 6.26. The highest BCUT2D eigenvalue weighted by Crippen LogP contribution is 2.25. The van der Waals surface area contributed by atoms with E-state index in [-0.39, 0.29) is 0 Å². The van der Waals surface area contributed by atoms with Gasteiger partial charge in [0.1, 0.15) is 0 Å². The number of aromatic nitrogens is 2. The summed E-state index contributed by atoms with van der Waals surface area (Å²) in [6.07, 6.45) is 1.93. The second-order valence-electron chi connectivity index (χ2n) is 4.91. The molecule has 19 heavy (non-hydrogen) atoms. The van der Waals surface area contributed by atoms with Crippen molar-refractivity contribution in [2.75, 3.05) is 7.05 Å². The zero-order valence-electron chi connectivity index (χ0n) is 12.0. The van der Waals surface area contributed by atoms with Gasteiger partial charge in [0.05, 0.1) is 10.6 Å². The summed E-state index contributed by atoms with van der Waals surface area (Å²) in [6, 6.07) is 6.94. The van der Waals surface area contributed by atoms with E-state index in [9.17, 15) is 0 Å². The van der Waals surface area contributed by atoms with Crippen LogP contribution in [0.4, 0.5) is 0 Å². The summed E-state index contributed by atoms with van der Waals surface area (Å²) in [5, 5.41) is 7.62. The zero-order valence-corrected chi connectivity index (χ0v) is 12.8. The molecule has 1 unspecified atom stereocenters. The molecule has 0 aliphatic heterocycles. The molecule has 2 rings (SSSR count). The van der Waals surface area contributed by atoms with Gasteiger partial charge in [-0.25, -0.2) is 0 Å². The van der Waals surface area contributed by atoms with E-state index in [1.165, 1.54) is 33.1 Å². The molecule has 1 aromatic carbocycles. The average Bonchev–Trinajstić information content (AvgIpc) is 2.88. The molecule has 3 nitrogen and oxygen atoms in total. The Balaban J connectivity index is 2.26. The van der Waals surface area contributed by atoms with Crippen molar-refractivity contribution in [1.82, 2.24) is 14.9 Å². The van der Waals surface area contributed by atoms with Gasteiger partial charge in [0, 0.05) is 6.04 Å². The maximum absolute atomic E-state index is 4.21. The molecule has 0 amide bonds. The monoisotopic (exact) mass is 275 g/mol. The molecule has 1 aromatic heterocycles. The Morgan fingerprint density at radius 1 is 1.32 bits per heavy atom. The molecule has 4 heteroatoms. The minimum absolute atomic E-state index is 0.301. The highest BCUT2D eigenvalue weighted by molar-refractivity contribution is 7.05. The fourth-order valence-electron chi connectivity index (χ4n) is 2.29. The number of hydrogen-bond donors (Lipinski definition) is 1. The van der Waals surface area contributed by atoms with E-state index in [1.54, 1.807) is 0 Å². The van der Waals surface area contributed by atoms with Crippen molar-refractivity contribution in [2.45, 2.75) is 39.7 Å². The summed E-state index contributed by atoms with van der Waals surface area (Å²) in [6.45, 7) is 6.45. The number of nitrogens with one attached hydrogen (secondary N) is 1. The normalized spacial score (nSPS) is 12.6. The maximum atomic E-state index is 4.21. The van der Waals surface area contributed by atoms with Crippen LogP contribution in [0.3, 0.4) is 0 Å². The molecule has 1 heterocycles. The lowest BCUT2D eigenvalue weighted by molar-refractivity contribution is 0.593. The Morgan fingerprint density at radius 3 is 2.79 bits per heavy atom. The smallest absolute Gasteiger partial charge is 0.0801 e. The van der Waals surface area contributed by atoms with Gasteiger partial charge in [0.2, 0.25) is 0 Å². The van der Waals surface area contributed by atoms with E-state index in [4.69, 9.17) is 0 Å². The lowest BCUT2D eigenvalue weighted by atomic mass is 9.97. The fourth-order valence-corrected chi connectivity index (χ4v) is 3.14. The minimum atomic E-state index is 0.301. The molecule has 0 aliphatic carbocycles. The molecular weight excluding hydrogens is 254 g/mol. The van der Waals surface area contributed by atoms with Gasteiger partial charge in [-0.15, -0.1) is 5.10 Å². The largest absolute Gasteiger partial charge is 0.312 e. The van der Waals surface area contributed by atoms with Gasteiger partial charge in [-0.05, 0) is 56.4 Å². The summed E-state index contributed by atoms with van der Waals surface area (Å²) >= 11 is 1.51. The molecular formula is C15H21N3S. The predicted octanol–water partition coefficient (Wildman–Crippen LogP) is 3.22. The molecule has 0 spiro atoms. The van der Waals surface area contributed by atoms with Crippen molar-refractivity contribution in [1.29, 1.82) is 0 Å². The summed E-state index contributed by atoms with van der Waals surface area (Å²) in [5.41, 5.74) is 5.18. The summed E-state index contributed by atoms with van der Waals surface area (Å²) in [4.78, 5) is 1.27. The molecule has 0 saturated carbocycles. The molecule has 102 valence electrons. The van der Waals surface area contributed by atoms with Gasteiger partial charge in [-0.1, -0.05) is 35.2 Å². The lowest BCUT2D eigenvalue weighted by Gasteiger charge is -2.17. The number of hydrogen-bond acceptors (Lipinski definition) is 4. The van der Waals surface area contributed by atoms with Crippen LogP contribution in [0, 0.1) is 13.8 Å². The van der Waals surface area contributed by atoms with Gasteiger partial charge >= 0.3 is 0 Å². The Kier molecular flexibility index (Phi) is 4.66. The van der Waals surface area contributed by atoms with Crippen molar-refractivity contribution in [2.24, 2.45) is 0 Å². The van der Waals surface area contributed by atoms with Gasteiger partial charge in [-0.3, -0.25) is 0 Å². The van der Waals surface area contributed by atoms with Gasteiger partial charge in [0.25, 0.3) is 0 Å². The van der Waals surface area contributed by atoms with Crippen LogP contribution in [0.5, 0.6) is 0 Å². The van der Waals surface area contributed by atoms with Crippen LogP contribution in [0.1, 0.15) is 40.2 Å². The first-order chi connectivity index (χ1) is 9.15. The molecule has 0 aliphatic rings. The van der Waals surface area contributed by atoms with E-state index in [2.05, 4.69) is 53.9 Å². The lowest BCUT2D eigenvalue weighted by Crippen LogP contribution is -2.19. The van der Waals surface area contributed by atoms with E-state index >= 15 is 0 Å². The highest BCUT2D eigenvalue weighted by atomic mass is 32.1. The zero-order chi connectivity index (χ0) is 13.8. The quantitative estimate of drug-likeness (QED) is 0.910. The third kappa shape index (κ3) is 3.19. The van der Waals surface area contributed by atoms with Crippen LogP contribution in [0.15, 0.2) is 18.2 Å². The van der Waals surface area contributed by atoms with Gasteiger partial charge < -0.3 is 5.32 Å². The Labute approximate surface area is 119 Å². The molecule has 0 saturated heterocycles. The minimum Gasteiger partial charge on any atom is -0.312 e. The fraction of sp³-hybridized carbons (Fsp3) is 0.467. The first-order valence-electron chi connectivity index (χ1n) is 6.70. The summed E-state index contributed by atoms with van der Waals surface area (Å²) < 4.78 is 4.10. The third-order valence-corrected chi connectivity index (χ3v) is 4.39. The molecule has 1 atom stereocenters. The van der Waals surface area contributed by atoms with Crippen LogP contribution in [-0.4, -0.2) is 16.6 Å². The predicted molar refractivity (Wildman–Crippen MR) is 80.7 cm³/mol. The SMILES string of the molecule is CCc1nnsc1C(Cc1cc(C)ccc1C)NC. The van der Waals surface area contributed by atoms with Crippen molar-refractivity contribution in [3.05, 3.63) is 45.5 Å². The number of benzene rings is 1. The summed E-state index contributed by atoms with van der Waals surface area (Å²) in [7, 11) is 2.01. The highest BCUT2D eigenvalue weighted by Gasteiger charge is 2.18. The van der Waals surface area contributed by atoms with Crippen LogP contribution in [0.25, 0.3) is 0 Å². The topological polar surface area (TPSA) is 37.8 Å². The van der Waals surface area contributed by atoms with Crippen LogP contribution in [0.2, 0.25) is 0 Å². The van der Waals surface area contributed by atoms with Gasteiger partial charge in [-0.2, -0.15) is 0 Å². The van der Waals surface area contributed by atoms with Crippen LogP contribution < -0.4 is 5.32 Å². The van der Waals surface area contributed by atoms with Crippen LogP contribution >= 0.6 is 11.5 Å². The Morgan fingerprint density at radius 2 is 2.11 bits per heavy atom. The van der Waals surface area contributed by atoms with Crippen molar-refractivity contribution in [3.8, 4) is 0 Å². The number of rotatable bonds is 5. The van der Waals surface area contributed by atoms with E-state index < -0.39 is 0 Å². The molecule has 0 radical (unpaired) electrons. The number of aryl methyl sites for hydroxylation is 3. The standard InChI is InChI=1S/C15H21N3S/c1-5-13-15(19-18-17-13)14(16-4)9-12-8-10(2)6-7-11(12)3/h6-8,14,16H,5,9H2,1-4H3. The summed E-state index contributed by atoms with van der Waals surface area (Å²) in [5.74, 6) is 0. The molecule has 0 fully saturated rings.